The lowest BCUT2D eigenvalue weighted by Gasteiger charge is -2.08. The number of nitrogens with one attached hydrogen (secondary N) is 1. The van der Waals surface area contributed by atoms with Crippen LogP contribution in [0.4, 0.5) is 10.1 Å². The molecule has 0 radical (unpaired) electrons. The second kappa shape index (κ2) is 5.66. The molecule has 0 saturated carbocycles. The van der Waals surface area contributed by atoms with E-state index >= 15 is 0 Å². The maximum absolute atomic E-state index is 13.2. The highest BCUT2D eigenvalue weighted by Gasteiger charge is 2.18. The highest BCUT2D eigenvalue weighted by molar-refractivity contribution is 7.89. The van der Waals surface area contributed by atoms with Crippen LogP contribution in [0.3, 0.4) is 0 Å². The number of hydrogen-bond acceptors (Lipinski definition) is 4. The number of nitrogens with two attached hydrogens (primary N) is 1. The number of halogens is 1. The van der Waals surface area contributed by atoms with Crippen LogP contribution in [0.15, 0.2) is 39.6 Å². The third-order valence-electron chi connectivity index (χ3n) is 2.73. The number of carbonyl (C=O) groups is 1. The van der Waals surface area contributed by atoms with Gasteiger partial charge < -0.3 is 9.73 Å². The van der Waals surface area contributed by atoms with Gasteiger partial charge in [-0.25, -0.2) is 17.9 Å². The molecule has 1 aromatic carbocycles. The Balaban J connectivity index is 2.34. The molecule has 112 valence electrons. The molecule has 0 spiro atoms. The predicted octanol–water partition coefficient (Wildman–Crippen LogP) is 1.88. The predicted molar refractivity (Wildman–Crippen MR) is 73.8 cm³/mol. The molecule has 0 aliphatic heterocycles. The summed E-state index contributed by atoms with van der Waals surface area (Å²) in [4.78, 5) is 11.6. The monoisotopic (exact) mass is 312 g/mol. The van der Waals surface area contributed by atoms with Crippen LogP contribution in [0.1, 0.15) is 23.2 Å². The molecule has 1 aromatic heterocycles. The summed E-state index contributed by atoms with van der Waals surface area (Å²) in [6.45, 7) is 1.85. The van der Waals surface area contributed by atoms with Gasteiger partial charge in [0.15, 0.2) is 5.76 Å². The molecule has 0 bridgehead atoms. The highest BCUT2D eigenvalue weighted by atomic mass is 32.2. The zero-order valence-electron chi connectivity index (χ0n) is 11.1. The van der Waals surface area contributed by atoms with Gasteiger partial charge in [-0.05, 0) is 30.3 Å². The van der Waals surface area contributed by atoms with Gasteiger partial charge in [0.25, 0.3) is 5.91 Å². The van der Waals surface area contributed by atoms with E-state index in [4.69, 9.17) is 9.56 Å². The van der Waals surface area contributed by atoms with E-state index in [0.717, 1.165) is 18.2 Å². The first-order valence-corrected chi connectivity index (χ1v) is 7.58. The second-order valence-corrected chi connectivity index (χ2v) is 5.79. The van der Waals surface area contributed by atoms with Crippen LogP contribution in [0, 0.1) is 5.82 Å². The zero-order valence-corrected chi connectivity index (χ0v) is 11.9. The molecule has 0 unspecified atom stereocenters. The lowest BCUT2D eigenvalue weighted by molar-refractivity contribution is 0.0995. The summed E-state index contributed by atoms with van der Waals surface area (Å²) in [6, 6.07) is 5.88. The van der Waals surface area contributed by atoms with Crippen molar-refractivity contribution in [1.29, 1.82) is 0 Å². The molecule has 0 fully saturated rings. The van der Waals surface area contributed by atoms with Gasteiger partial charge in [-0.1, -0.05) is 6.92 Å². The van der Waals surface area contributed by atoms with Crippen LogP contribution in [-0.2, 0) is 16.4 Å². The average Bonchev–Trinajstić information content (AvgIpc) is 2.86. The first-order chi connectivity index (χ1) is 9.81. The van der Waals surface area contributed by atoms with E-state index < -0.39 is 21.7 Å². The van der Waals surface area contributed by atoms with Gasteiger partial charge in [0.2, 0.25) is 10.0 Å². The minimum atomic E-state index is -4.09. The van der Waals surface area contributed by atoms with Gasteiger partial charge in [0.1, 0.15) is 16.5 Å². The molecule has 3 N–H and O–H groups in total. The lowest BCUT2D eigenvalue weighted by Crippen LogP contribution is -2.18. The van der Waals surface area contributed by atoms with Gasteiger partial charge in [-0.3, -0.25) is 4.79 Å². The molecule has 1 amide bonds. The van der Waals surface area contributed by atoms with Crippen molar-refractivity contribution in [2.45, 2.75) is 18.2 Å². The molecule has 0 aliphatic carbocycles. The molecular formula is C13H13FN2O4S. The second-order valence-electron chi connectivity index (χ2n) is 4.26. The summed E-state index contributed by atoms with van der Waals surface area (Å²) >= 11 is 0. The molecule has 0 aliphatic rings. The Kier molecular flexibility index (Phi) is 4.10. The number of furan rings is 1. The first-order valence-electron chi connectivity index (χ1n) is 6.03. The summed E-state index contributed by atoms with van der Waals surface area (Å²) in [5.41, 5.74) is -0.239. The van der Waals surface area contributed by atoms with E-state index in [0.29, 0.717) is 12.2 Å². The number of hydrogen-bond donors (Lipinski definition) is 2. The van der Waals surface area contributed by atoms with E-state index in [9.17, 15) is 17.6 Å². The largest absolute Gasteiger partial charge is 0.456 e. The standard InChI is InChI=1S/C13H13FN2O4S/c1-2-9-4-5-11(20-9)13(17)16-10-7-8(14)3-6-12(10)21(15,18)19/h3-7H,2H2,1H3,(H,16,17)(H2,15,18,19). The van der Waals surface area contributed by atoms with Crippen molar-refractivity contribution in [3.05, 3.63) is 47.7 Å². The Morgan fingerprint density at radius 3 is 2.62 bits per heavy atom. The van der Waals surface area contributed by atoms with Crippen LogP contribution in [-0.4, -0.2) is 14.3 Å². The van der Waals surface area contributed by atoms with Crippen LogP contribution < -0.4 is 10.5 Å². The number of primary sulfonamides is 1. The Morgan fingerprint density at radius 2 is 2.05 bits per heavy atom. The van der Waals surface area contributed by atoms with Crippen LogP contribution >= 0.6 is 0 Å². The van der Waals surface area contributed by atoms with Gasteiger partial charge >= 0.3 is 0 Å². The van der Waals surface area contributed by atoms with Gasteiger partial charge in [0.05, 0.1) is 5.69 Å². The zero-order chi connectivity index (χ0) is 15.6. The van der Waals surface area contributed by atoms with Crippen LogP contribution in [0.5, 0.6) is 0 Å². The minimum absolute atomic E-state index is 0.00326. The number of amides is 1. The molecule has 8 heteroatoms. The van der Waals surface area contributed by atoms with Crippen LogP contribution in [0.25, 0.3) is 0 Å². The van der Waals surface area contributed by atoms with Crippen LogP contribution in [0.2, 0.25) is 0 Å². The SMILES string of the molecule is CCc1ccc(C(=O)Nc2cc(F)ccc2S(N)(=O)=O)o1. The van der Waals surface area contributed by atoms with Crippen molar-refractivity contribution in [2.24, 2.45) is 5.14 Å². The van der Waals surface area contributed by atoms with E-state index in [-0.39, 0.29) is 16.3 Å². The molecule has 6 nitrogen and oxygen atoms in total. The molecule has 21 heavy (non-hydrogen) atoms. The number of aryl methyl sites for hydroxylation is 1. The third kappa shape index (κ3) is 3.47. The lowest BCUT2D eigenvalue weighted by atomic mass is 10.3. The Labute approximate surface area is 120 Å². The maximum Gasteiger partial charge on any atom is 0.291 e. The fourth-order valence-electron chi connectivity index (χ4n) is 1.72. The number of anilines is 1. The topological polar surface area (TPSA) is 102 Å². The Bertz CT molecular complexity index is 783. The summed E-state index contributed by atoms with van der Waals surface area (Å²) in [5, 5.41) is 7.30. The first kappa shape index (κ1) is 15.2. The highest BCUT2D eigenvalue weighted by Crippen LogP contribution is 2.22. The number of benzene rings is 1. The van der Waals surface area contributed by atoms with Crippen molar-refractivity contribution in [3.8, 4) is 0 Å². The molecule has 2 rings (SSSR count). The number of rotatable bonds is 4. The van der Waals surface area contributed by atoms with Gasteiger partial charge in [-0.15, -0.1) is 0 Å². The van der Waals surface area contributed by atoms with Crippen molar-refractivity contribution >= 4 is 21.6 Å². The number of sulfonamides is 1. The van der Waals surface area contributed by atoms with Gasteiger partial charge in [0, 0.05) is 6.42 Å². The Hall–Kier alpha value is -2.19. The molecular weight excluding hydrogens is 299 g/mol. The summed E-state index contributed by atoms with van der Waals surface area (Å²) in [5.74, 6) is -0.792. The third-order valence-corrected chi connectivity index (χ3v) is 3.70. The fourth-order valence-corrected chi connectivity index (χ4v) is 2.40. The molecule has 1 heterocycles. The minimum Gasteiger partial charge on any atom is -0.456 e. The van der Waals surface area contributed by atoms with Gasteiger partial charge in [-0.2, -0.15) is 0 Å². The molecule has 0 saturated heterocycles. The van der Waals surface area contributed by atoms with Crippen molar-refractivity contribution < 1.29 is 22.0 Å². The molecule has 2 aromatic rings. The van der Waals surface area contributed by atoms with Crippen molar-refractivity contribution in [3.63, 3.8) is 0 Å². The van der Waals surface area contributed by atoms with Crippen molar-refractivity contribution in [2.75, 3.05) is 5.32 Å². The van der Waals surface area contributed by atoms with E-state index in [1.54, 1.807) is 6.07 Å². The van der Waals surface area contributed by atoms with E-state index in [1.165, 1.54) is 6.07 Å². The summed E-state index contributed by atoms with van der Waals surface area (Å²) < 4.78 is 41.3. The summed E-state index contributed by atoms with van der Waals surface area (Å²) in [7, 11) is -4.09. The maximum atomic E-state index is 13.2. The quantitative estimate of drug-likeness (QED) is 0.899. The van der Waals surface area contributed by atoms with Crippen molar-refractivity contribution in [1.82, 2.24) is 0 Å². The molecule has 0 atom stereocenters. The van der Waals surface area contributed by atoms with E-state index in [1.807, 2.05) is 6.92 Å². The Morgan fingerprint density at radius 1 is 1.33 bits per heavy atom. The normalized spacial score (nSPS) is 11.4. The summed E-state index contributed by atoms with van der Waals surface area (Å²) in [6.07, 6.45) is 0.607. The van der Waals surface area contributed by atoms with E-state index in [2.05, 4.69) is 5.32 Å². The fraction of sp³-hybridized carbons (Fsp3) is 0.154. The average molecular weight is 312 g/mol. The number of carbonyl (C=O) groups excluding carboxylic acids is 1. The smallest absolute Gasteiger partial charge is 0.291 e.